The molecule has 1 aliphatic rings. The summed E-state index contributed by atoms with van der Waals surface area (Å²) in [7, 11) is -3.41. The molecule has 3 rings (SSSR count). The van der Waals surface area contributed by atoms with Crippen LogP contribution in [-0.4, -0.2) is 53.8 Å². The largest absolute Gasteiger partial charge is 0.291 e. The quantitative estimate of drug-likeness (QED) is 0.821. The van der Waals surface area contributed by atoms with Gasteiger partial charge < -0.3 is 0 Å². The molecule has 2 aromatic rings. The third kappa shape index (κ3) is 4.66. The Labute approximate surface area is 156 Å². The molecule has 0 spiro atoms. The van der Waals surface area contributed by atoms with Crippen LogP contribution in [0.4, 0.5) is 0 Å². The molecule has 142 valence electrons. The zero-order valence-electron chi connectivity index (χ0n) is 16.0. The second-order valence-electron chi connectivity index (χ2n) is 5.99. The molecule has 0 radical (unpaired) electrons. The molecule has 0 aliphatic carbocycles. The van der Waals surface area contributed by atoms with Gasteiger partial charge in [-0.3, -0.25) is 4.90 Å². The smallest absolute Gasteiger partial charge is 0.243 e. The van der Waals surface area contributed by atoms with Crippen molar-refractivity contribution < 1.29 is 8.42 Å². The predicted octanol–water partition coefficient (Wildman–Crippen LogP) is 2.88. The predicted molar refractivity (Wildman–Crippen MR) is 103 cm³/mol. The summed E-state index contributed by atoms with van der Waals surface area (Å²) in [6.07, 6.45) is 1.77. The second kappa shape index (κ2) is 9.21. The topological polar surface area (TPSA) is 66.4 Å². The van der Waals surface area contributed by atoms with Crippen LogP contribution in [0.2, 0.25) is 0 Å². The standard InChI is InChI=1S/C17H22N4O2S.C2H6/c1-14-8-9-18-17(19-14)15(2)20-10-12-21(13-11-20)24(22,23)16-6-4-3-5-7-16;1-2/h3-9,15H,10-13H2,1-2H3;1-2H3. The highest BCUT2D eigenvalue weighted by molar-refractivity contribution is 7.89. The molecule has 2 heterocycles. The van der Waals surface area contributed by atoms with Gasteiger partial charge in [0.05, 0.1) is 10.9 Å². The minimum atomic E-state index is -3.41. The van der Waals surface area contributed by atoms with Gasteiger partial charge in [0.15, 0.2) is 0 Å². The van der Waals surface area contributed by atoms with E-state index in [2.05, 4.69) is 21.8 Å². The normalized spacial score (nSPS) is 17.2. The molecule has 1 unspecified atom stereocenters. The Kier molecular flexibility index (Phi) is 7.25. The van der Waals surface area contributed by atoms with Gasteiger partial charge in [-0.05, 0) is 32.0 Å². The number of rotatable bonds is 4. The molecule has 26 heavy (non-hydrogen) atoms. The molecule has 1 saturated heterocycles. The maximum Gasteiger partial charge on any atom is 0.243 e. The minimum Gasteiger partial charge on any atom is -0.291 e. The van der Waals surface area contributed by atoms with Gasteiger partial charge in [0.1, 0.15) is 5.82 Å². The van der Waals surface area contributed by atoms with E-state index in [1.54, 1.807) is 34.8 Å². The van der Waals surface area contributed by atoms with E-state index in [1.807, 2.05) is 32.9 Å². The lowest BCUT2D eigenvalue weighted by molar-refractivity contribution is 0.141. The van der Waals surface area contributed by atoms with E-state index >= 15 is 0 Å². The first-order chi connectivity index (χ1) is 12.5. The Balaban J connectivity index is 0.00000117. The summed E-state index contributed by atoms with van der Waals surface area (Å²) in [5, 5.41) is 0. The van der Waals surface area contributed by atoms with E-state index in [4.69, 9.17) is 0 Å². The second-order valence-corrected chi connectivity index (χ2v) is 7.92. The van der Waals surface area contributed by atoms with E-state index in [0.717, 1.165) is 11.5 Å². The van der Waals surface area contributed by atoms with Crippen LogP contribution in [-0.2, 0) is 10.0 Å². The molecule has 1 atom stereocenters. The lowest BCUT2D eigenvalue weighted by Crippen LogP contribution is -2.49. The van der Waals surface area contributed by atoms with Crippen molar-refractivity contribution in [3.05, 3.63) is 54.1 Å². The third-order valence-electron chi connectivity index (χ3n) is 4.39. The first-order valence-corrected chi connectivity index (χ1v) is 10.5. The Morgan fingerprint density at radius 1 is 1.00 bits per heavy atom. The summed E-state index contributed by atoms with van der Waals surface area (Å²) in [6.45, 7) is 10.3. The maximum absolute atomic E-state index is 12.7. The molecule has 7 heteroatoms. The fourth-order valence-corrected chi connectivity index (χ4v) is 4.35. The molecule has 1 aromatic carbocycles. The Morgan fingerprint density at radius 2 is 1.62 bits per heavy atom. The highest BCUT2D eigenvalue weighted by Gasteiger charge is 2.30. The number of sulfonamides is 1. The molecule has 1 aromatic heterocycles. The van der Waals surface area contributed by atoms with Gasteiger partial charge >= 0.3 is 0 Å². The fourth-order valence-electron chi connectivity index (χ4n) is 2.91. The monoisotopic (exact) mass is 376 g/mol. The van der Waals surface area contributed by atoms with Gasteiger partial charge in [0.25, 0.3) is 0 Å². The highest BCUT2D eigenvalue weighted by Crippen LogP contribution is 2.22. The number of aromatic nitrogens is 2. The SMILES string of the molecule is CC.Cc1ccnc(C(C)N2CCN(S(=O)(=O)c3ccccc3)CC2)n1. The highest BCUT2D eigenvalue weighted by atomic mass is 32.2. The molecule has 0 N–H and O–H groups in total. The van der Waals surface area contributed by atoms with Crippen molar-refractivity contribution in [2.75, 3.05) is 26.2 Å². The summed E-state index contributed by atoms with van der Waals surface area (Å²) < 4.78 is 26.9. The summed E-state index contributed by atoms with van der Waals surface area (Å²) in [6, 6.07) is 10.6. The van der Waals surface area contributed by atoms with Gasteiger partial charge in [0.2, 0.25) is 10.0 Å². The van der Waals surface area contributed by atoms with Gasteiger partial charge in [-0.2, -0.15) is 4.31 Å². The molecule has 0 amide bonds. The summed E-state index contributed by atoms with van der Waals surface area (Å²) in [5.74, 6) is 0.786. The van der Waals surface area contributed by atoms with Crippen molar-refractivity contribution >= 4 is 10.0 Å². The van der Waals surface area contributed by atoms with E-state index < -0.39 is 10.0 Å². The van der Waals surface area contributed by atoms with Crippen molar-refractivity contribution in [1.29, 1.82) is 0 Å². The van der Waals surface area contributed by atoms with Crippen molar-refractivity contribution in [1.82, 2.24) is 19.2 Å². The van der Waals surface area contributed by atoms with Crippen LogP contribution in [0.1, 0.15) is 38.3 Å². The number of hydrogen-bond donors (Lipinski definition) is 0. The Bertz CT molecular complexity index is 788. The van der Waals surface area contributed by atoms with Crippen LogP contribution in [0, 0.1) is 6.92 Å². The lowest BCUT2D eigenvalue weighted by Gasteiger charge is -2.36. The van der Waals surface area contributed by atoms with Crippen LogP contribution < -0.4 is 0 Å². The van der Waals surface area contributed by atoms with E-state index in [-0.39, 0.29) is 6.04 Å². The van der Waals surface area contributed by atoms with Gasteiger partial charge in [-0.25, -0.2) is 18.4 Å². The molecule has 6 nitrogen and oxygen atoms in total. The molecule has 0 saturated carbocycles. The van der Waals surface area contributed by atoms with Gasteiger partial charge in [-0.1, -0.05) is 32.0 Å². The average Bonchev–Trinajstić information content (AvgIpc) is 2.70. The van der Waals surface area contributed by atoms with Crippen molar-refractivity contribution in [3.8, 4) is 0 Å². The Hall–Kier alpha value is -1.83. The first-order valence-electron chi connectivity index (χ1n) is 9.07. The van der Waals surface area contributed by atoms with Crippen LogP contribution in [0.15, 0.2) is 47.5 Å². The zero-order valence-corrected chi connectivity index (χ0v) is 16.8. The van der Waals surface area contributed by atoms with E-state index in [9.17, 15) is 8.42 Å². The van der Waals surface area contributed by atoms with Gasteiger partial charge in [0, 0.05) is 38.1 Å². The Morgan fingerprint density at radius 3 is 2.19 bits per heavy atom. The number of benzene rings is 1. The van der Waals surface area contributed by atoms with Crippen LogP contribution in [0.5, 0.6) is 0 Å². The van der Waals surface area contributed by atoms with Crippen LogP contribution >= 0.6 is 0 Å². The van der Waals surface area contributed by atoms with Crippen molar-refractivity contribution in [2.45, 2.75) is 38.6 Å². The number of hydrogen-bond acceptors (Lipinski definition) is 5. The van der Waals surface area contributed by atoms with Crippen molar-refractivity contribution in [3.63, 3.8) is 0 Å². The average molecular weight is 377 g/mol. The molecular formula is C19H28N4O2S. The number of nitrogens with zero attached hydrogens (tertiary/aromatic N) is 4. The molecule has 1 fully saturated rings. The number of piperazine rings is 1. The zero-order chi connectivity index (χ0) is 19.2. The molecular weight excluding hydrogens is 348 g/mol. The summed E-state index contributed by atoms with van der Waals surface area (Å²) >= 11 is 0. The van der Waals surface area contributed by atoms with E-state index in [1.165, 1.54) is 0 Å². The third-order valence-corrected chi connectivity index (χ3v) is 6.30. The minimum absolute atomic E-state index is 0.0754. The molecule has 1 aliphatic heterocycles. The maximum atomic E-state index is 12.7. The summed E-state index contributed by atoms with van der Waals surface area (Å²) in [4.78, 5) is 11.4. The number of aryl methyl sites for hydroxylation is 1. The van der Waals surface area contributed by atoms with Crippen molar-refractivity contribution in [2.24, 2.45) is 0 Å². The fraction of sp³-hybridized carbons (Fsp3) is 0.474. The van der Waals surface area contributed by atoms with Gasteiger partial charge in [-0.15, -0.1) is 0 Å². The van der Waals surface area contributed by atoms with Crippen LogP contribution in [0.25, 0.3) is 0 Å². The first kappa shape index (κ1) is 20.5. The molecule has 0 bridgehead atoms. The lowest BCUT2D eigenvalue weighted by atomic mass is 10.2. The summed E-state index contributed by atoms with van der Waals surface area (Å²) in [5.41, 5.74) is 0.942. The van der Waals surface area contributed by atoms with E-state index in [0.29, 0.717) is 31.1 Å². The van der Waals surface area contributed by atoms with Crippen LogP contribution in [0.3, 0.4) is 0 Å².